The number of hydrogen-bond acceptors (Lipinski definition) is 4. The smallest absolute Gasteiger partial charge is 0.275 e. The molecule has 0 spiro atoms. The van der Waals surface area contributed by atoms with Gasteiger partial charge in [-0.05, 0) is 47.5 Å². The third kappa shape index (κ3) is 5.82. The average Bonchev–Trinajstić information content (AvgIpc) is 2.73. The van der Waals surface area contributed by atoms with Crippen molar-refractivity contribution in [3.05, 3.63) is 92.9 Å². The van der Waals surface area contributed by atoms with Gasteiger partial charge in [0.2, 0.25) is 0 Å². The molecule has 0 heterocycles. The SMILES string of the molecule is COc1ccc(Br)cc1C(=O)N/N=C/c1ccc(OCc2ccccc2)c(Cl)c1. The second kappa shape index (κ2) is 10.1. The summed E-state index contributed by atoms with van der Waals surface area (Å²) in [7, 11) is 1.51. The minimum Gasteiger partial charge on any atom is -0.496 e. The summed E-state index contributed by atoms with van der Waals surface area (Å²) in [5, 5.41) is 4.46. The van der Waals surface area contributed by atoms with Gasteiger partial charge in [0, 0.05) is 4.47 Å². The van der Waals surface area contributed by atoms with E-state index < -0.39 is 0 Å². The van der Waals surface area contributed by atoms with Crippen LogP contribution >= 0.6 is 27.5 Å². The molecule has 29 heavy (non-hydrogen) atoms. The fraction of sp³-hybridized carbons (Fsp3) is 0.0909. The first kappa shape index (κ1) is 20.9. The minimum atomic E-state index is -0.381. The van der Waals surface area contributed by atoms with Gasteiger partial charge >= 0.3 is 0 Å². The van der Waals surface area contributed by atoms with Gasteiger partial charge in [-0.3, -0.25) is 4.79 Å². The van der Waals surface area contributed by atoms with Crippen LogP contribution < -0.4 is 14.9 Å². The molecule has 0 aromatic heterocycles. The van der Waals surface area contributed by atoms with E-state index in [9.17, 15) is 4.79 Å². The lowest BCUT2D eigenvalue weighted by atomic mass is 10.2. The number of hydrazone groups is 1. The molecule has 148 valence electrons. The number of hydrogen-bond donors (Lipinski definition) is 1. The quantitative estimate of drug-likeness (QED) is 0.366. The van der Waals surface area contributed by atoms with Crippen LogP contribution in [0.1, 0.15) is 21.5 Å². The predicted molar refractivity (Wildman–Crippen MR) is 118 cm³/mol. The van der Waals surface area contributed by atoms with Gasteiger partial charge in [0.1, 0.15) is 18.1 Å². The normalized spacial score (nSPS) is 10.7. The van der Waals surface area contributed by atoms with Crippen molar-refractivity contribution in [2.45, 2.75) is 6.61 Å². The van der Waals surface area contributed by atoms with E-state index in [1.54, 1.807) is 30.3 Å². The molecule has 0 aliphatic rings. The average molecular weight is 474 g/mol. The van der Waals surface area contributed by atoms with E-state index in [1.807, 2.05) is 36.4 Å². The van der Waals surface area contributed by atoms with Gasteiger partial charge in [-0.25, -0.2) is 5.43 Å². The van der Waals surface area contributed by atoms with Crippen molar-refractivity contribution < 1.29 is 14.3 Å². The second-order valence-electron chi connectivity index (χ2n) is 6.01. The van der Waals surface area contributed by atoms with Crippen LogP contribution in [0.15, 0.2) is 76.3 Å². The lowest BCUT2D eigenvalue weighted by Crippen LogP contribution is -2.18. The van der Waals surface area contributed by atoms with Crippen LogP contribution in [0.5, 0.6) is 11.5 Å². The highest BCUT2D eigenvalue weighted by atomic mass is 79.9. The largest absolute Gasteiger partial charge is 0.496 e. The van der Waals surface area contributed by atoms with Crippen molar-refractivity contribution in [3.63, 3.8) is 0 Å². The Hall–Kier alpha value is -2.83. The molecule has 3 rings (SSSR count). The van der Waals surface area contributed by atoms with Crippen molar-refractivity contribution in [3.8, 4) is 11.5 Å². The van der Waals surface area contributed by atoms with Gasteiger partial charge in [0.05, 0.1) is 23.9 Å². The summed E-state index contributed by atoms with van der Waals surface area (Å²) in [5.74, 6) is 0.660. The Morgan fingerprint density at radius 1 is 1.10 bits per heavy atom. The van der Waals surface area contributed by atoms with E-state index in [0.29, 0.717) is 28.7 Å². The second-order valence-corrected chi connectivity index (χ2v) is 7.33. The Balaban J connectivity index is 1.61. The maximum atomic E-state index is 12.3. The van der Waals surface area contributed by atoms with Gasteiger partial charge in [-0.1, -0.05) is 57.9 Å². The maximum Gasteiger partial charge on any atom is 0.275 e. The molecular weight excluding hydrogens is 456 g/mol. The molecule has 0 atom stereocenters. The van der Waals surface area contributed by atoms with Crippen LogP contribution in [-0.2, 0) is 6.61 Å². The summed E-state index contributed by atoms with van der Waals surface area (Å²) in [6.45, 7) is 0.429. The number of methoxy groups -OCH3 is 1. The van der Waals surface area contributed by atoms with Crippen molar-refractivity contribution in [2.75, 3.05) is 7.11 Å². The number of ether oxygens (including phenoxy) is 2. The Bertz CT molecular complexity index is 1030. The zero-order valence-electron chi connectivity index (χ0n) is 15.6. The summed E-state index contributed by atoms with van der Waals surface area (Å²) >= 11 is 9.63. The number of halogens is 2. The summed E-state index contributed by atoms with van der Waals surface area (Å²) in [6, 6.07) is 20.3. The first-order valence-electron chi connectivity index (χ1n) is 8.70. The monoisotopic (exact) mass is 472 g/mol. The van der Waals surface area contributed by atoms with Crippen LogP contribution in [0.4, 0.5) is 0 Å². The van der Waals surface area contributed by atoms with Gasteiger partial charge in [-0.2, -0.15) is 5.10 Å². The van der Waals surface area contributed by atoms with E-state index in [-0.39, 0.29) is 5.91 Å². The molecule has 5 nitrogen and oxygen atoms in total. The number of carbonyl (C=O) groups is 1. The fourth-order valence-corrected chi connectivity index (χ4v) is 3.14. The zero-order valence-corrected chi connectivity index (χ0v) is 17.9. The predicted octanol–water partition coefficient (Wildman–Crippen LogP) is 5.45. The standard InChI is InChI=1S/C22H18BrClN2O3/c1-28-20-10-8-17(23)12-18(20)22(27)26-25-13-16-7-9-21(19(24)11-16)29-14-15-5-3-2-4-6-15/h2-13H,14H2,1H3,(H,26,27)/b25-13+. The molecule has 1 N–H and O–H groups in total. The molecule has 0 saturated heterocycles. The molecule has 0 unspecified atom stereocenters. The molecule has 0 saturated carbocycles. The van der Waals surface area contributed by atoms with Gasteiger partial charge in [0.15, 0.2) is 0 Å². The lowest BCUT2D eigenvalue weighted by Gasteiger charge is -2.09. The van der Waals surface area contributed by atoms with Crippen molar-refractivity contribution in [1.29, 1.82) is 0 Å². The highest BCUT2D eigenvalue weighted by Gasteiger charge is 2.12. The Morgan fingerprint density at radius 3 is 2.59 bits per heavy atom. The van der Waals surface area contributed by atoms with E-state index in [1.165, 1.54) is 13.3 Å². The van der Waals surface area contributed by atoms with E-state index in [4.69, 9.17) is 21.1 Å². The van der Waals surface area contributed by atoms with Crippen LogP contribution in [0.3, 0.4) is 0 Å². The minimum absolute atomic E-state index is 0.377. The summed E-state index contributed by atoms with van der Waals surface area (Å²) in [5.41, 5.74) is 4.64. The highest BCUT2D eigenvalue weighted by Crippen LogP contribution is 2.26. The van der Waals surface area contributed by atoms with Crippen molar-refractivity contribution in [2.24, 2.45) is 5.10 Å². The molecule has 0 radical (unpaired) electrons. The fourth-order valence-electron chi connectivity index (χ4n) is 2.53. The number of nitrogens with one attached hydrogen (secondary N) is 1. The number of nitrogens with zero attached hydrogens (tertiary/aromatic N) is 1. The van der Waals surface area contributed by atoms with Gasteiger partial charge < -0.3 is 9.47 Å². The third-order valence-corrected chi connectivity index (χ3v) is 4.77. The number of benzene rings is 3. The number of rotatable bonds is 7. The van der Waals surface area contributed by atoms with E-state index >= 15 is 0 Å². The summed E-state index contributed by atoms with van der Waals surface area (Å²) < 4.78 is 11.7. The molecule has 1 amide bonds. The van der Waals surface area contributed by atoms with Crippen molar-refractivity contribution in [1.82, 2.24) is 5.43 Å². The molecule has 3 aromatic carbocycles. The Kier molecular flexibility index (Phi) is 7.27. The number of carbonyl (C=O) groups excluding carboxylic acids is 1. The first-order valence-corrected chi connectivity index (χ1v) is 9.87. The lowest BCUT2D eigenvalue weighted by molar-refractivity contribution is 0.0952. The van der Waals surface area contributed by atoms with Crippen LogP contribution in [0, 0.1) is 0 Å². The van der Waals surface area contributed by atoms with E-state index in [2.05, 4.69) is 26.5 Å². The molecule has 7 heteroatoms. The first-order chi connectivity index (χ1) is 14.1. The molecule has 0 aliphatic heterocycles. The molecular formula is C22H18BrClN2O3. The summed E-state index contributed by atoms with van der Waals surface area (Å²) in [4.78, 5) is 12.3. The Labute approximate surface area is 182 Å². The maximum absolute atomic E-state index is 12.3. The number of amides is 1. The highest BCUT2D eigenvalue weighted by molar-refractivity contribution is 9.10. The molecule has 0 fully saturated rings. The van der Waals surface area contributed by atoms with Crippen molar-refractivity contribution >= 4 is 39.7 Å². The van der Waals surface area contributed by atoms with Gasteiger partial charge in [-0.15, -0.1) is 0 Å². The van der Waals surface area contributed by atoms with E-state index in [0.717, 1.165) is 15.6 Å². The van der Waals surface area contributed by atoms with Crippen LogP contribution in [0.2, 0.25) is 5.02 Å². The topological polar surface area (TPSA) is 59.9 Å². The molecule has 0 bridgehead atoms. The summed E-state index contributed by atoms with van der Waals surface area (Å²) in [6.07, 6.45) is 1.51. The van der Waals surface area contributed by atoms with Crippen LogP contribution in [-0.4, -0.2) is 19.2 Å². The molecule has 3 aromatic rings. The molecule has 0 aliphatic carbocycles. The Morgan fingerprint density at radius 2 is 1.86 bits per heavy atom. The zero-order chi connectivity index (χ0) is 20.6. The third-order valence-electron chi connectivity index (χ3n) is 3.98. The van der Waals surface area contributed by atoms with Gasteiger partial charge in [0.25, 0.3) is 5.91 Å². The van der Waals surface area contributed by atoms with Crippen LogP contribution in [0.25, 0.3) is 0 Å².